The van der Waals surface area contributed by atoms with Crippen molar-refractivity contribution in [3.63, 3.8) is 0 Å². The summed E-state index contributed by atoms with van der Waals surface area (Å²) < 4.78 is 76.5. The van der Waals surface area contributed by atoms with Crippen molar-refractivity contribution in [1.29, 1.82) is 0 Å². The van der Waals surface area contributed by atoms with Crippen LogP contribution in [0.3, 0.4) is 0 Å². The summed E-state index contributed by atoms with van der Waals surface area (Å²) in [5.74, 6) is 3.10. The third-order valence-electron chi connectivity index (χ3n) is 6.61. The fourth-order valence-corrected chi connectivity index (χ4v) is 4.88. The number of halogens is 6. The molecule has 0 amide bonds. The van der Waals surface area contributed by atoms with Gasteiger partial charge in [-0.1, -0.05) is 24.5 Å². The van der Waals surface area contributed by atoms with Crippen molar-refractivity contribution in [2.75, 3.05) is 0 Å². The standard InChI is InChI=1S/C19H22F6O2/c1-15-7-2-4-13(26)12(15)5-6-14(15)16(10-11-16)8-3-9-17(27,18(20,21)22)19(23,24)25/h6,12-13,26-27H,2,4-5,7-8,10-11H2,1H3/t12?,13?,15-/m1/s1. The quantitative estimate of drug-likeness (QED) is 0.410. The molecular formula is C19H22F6O2. The van der Waals surface area contributed by atoms with Gasteiger partial charge in [-0.25, -0.2) is 0 Å². The number of aliphatic hydroxyl groups excluding tert-OH is 1. The van der Waals surface area contributed by atoms with Crippen LogP contribution in [0, 0.1) is 28.6 Å². The second-order valence-electron chi connectivity index (χ2n) is 8.30. The number of allylic oxidation sites excluding steroid dienone is 2. The Morgan fingerprint density at radius 1 is 1.11 bits per heavy atom. The van der Waals surface area contributed by atoms with E-state index in [1.165, 1.54) is 0 Å². The molecule has 2 N–H and O–H groups in total. The first-order valence-corrected chi connectivity index (χ1v) is 9.02. The van der Waals surface area contributed by atoms with E-state index in [-0.39, 0.29) is 17.8 Å². The van der Waals surface area contributed by atoms with Crippen molar-refractivity contribution in [1.82, 2.24) is 0 Å². The first kappa shape index (κ1) is 20.5. The lowest BCUT2D eigenvalue weighted by atomic mass is 9.62. The second kappa shape index (κ2) is 6.15. The Kier molecular flexibility index (Phi) is 4.68. The van der Waals surface area contributed by atoms with E-state index >= 15 is 0 Å². The van der Waals surface area contributed by atoms with Crippen molar-refractivity contribution >= 4 is 0 Å². The summed E-state index contributed by atoms with van der Waals surface area (Å²) in [4.78, 5) is 0. The van der Waals surface area contributed by atoms with Gasteiger partial charge in [-0.05, 0) is 55.8 Å². The largest absolute Gasteiger partial charge is 0.438 e. The minimum Gasteiger partial charge on any atom is -0.393 e. The topological polar surface area (TPSA) is 40.5 Å². The van der Waals surface area contributed by atoms with Crippen LogP contribution in [0.15, 0.2) is 11.6 Å². The minimum atomic E-state index is -5.92. The molecule has 8 heteroatoms. The normalized spacial score (nSPS) is 33.0. The molecule has 0 heterocycles. The number of rotatable bonds is 2. The zero-order valence-corrected chi connectivity index (χ0v) is 14.8. The molecule has 2 fully saturated rings. The number of hydrogen-bond donors (Lipinski definition) is 2. The number of aliphatic hydroxyl groups is 2. The lowest BCUT2D eigenvalue weighted by Gasteiger charge is -2.44. The first-order chi connectivity index (χ1) is 12.3. The molecule has 3 atom stereocenters. The van der Waals surface area contributed by atoms with E-state index in [9.17, 15) is 31.4 Å². The maximum Gasteiger partial charge on any atom is 0.438 e. The number of hydrogen-bond acceptors (Lipinski definition) is 2. The predicted molar refractivity (Wildman–Crippen MR) is 85.3 cm³/mol. The molecule has 0 radical (unpaired) electrons. The van der Waals surface area contributed by atoms with Gasteiger partial charge in [0.2, 0.25) is 0 Å². The molecule has 3 rings (SSSR count). The van der Waals surface area contributed by atoms with Gasteiger partial charge in [-0.3, -0.25) is 0 Å². The molecule has 152 valence electrons. The van der Waals surface area contributed by atoms with Crippen LogP contribution in [0.4, 0.5) is 26.3 Å². The van der Waals surface area contributed by atoms with Crippen molar-refractivity contribution in [2.24, 2.45) is 16.7 Å². The maximum atomic E-state index is 12.8. The van der Waals surface area contributed by atoms with E-state index in [1.807, 2.05) is 18.9 Å². The van der Waals surface area contributed by atoms with E-state index in [2.05, 4.69) is 0 Å². The van der Waals surface area contributed by atoms with Crippen molar-refractivity contribution in [3.8, 4) is 11.8 Å². The molecule has 3 aliphatic rings. The smallest absolute Gasteiger partial charge is 0.393 e. The Bertz CT molecular complexity index is 678. The molecule has 0 aromatic carbocycles. The van der Waals surface area contributed by atoms with E-state index in [1.54, 1.807) is 0 Å². The molecule has 27 heavy (non-hydrogen) atoms. The molecule has 0 aliphatic heterocycles. The molecule has 2 nitrogen and oxygen atoms in total. The second-order valence-corrected chi connectivity index (χ2v) is 8.30. The summed E-state index contributed by atoms with van der Waals surface area (Å²) in [5, 5.41) is 19.4. The summed E-state index contributed by atoms with van der Waals surface area (Å²) in [5.41, 5.74) is -4.84. The molecule has 2 saturated carbocycles. The van der Waals surface area contributed by atoms with Gasteiger partial charge in [0.15, 0.2) is 0 Å². The van der Waals surface area contributed by atoms with Crippen molar-refractivity contribution in [2.45, 2.75) is 75.9 Å². The van der Waals surface area contributed by atoms with Crippen LogP contribution in [0.5, 0.6) is 0 Å². The van der Waals surface area contributed by atoms with Crippen LogP contribution in [0.2, 0.25) is 0 Å². The number of alkyl halides is 6. The highest BCUT2D eigenvalue weighted by atomic mass is 19.4. The Balaban J connectivity index is 1.83. The Hall–Kier alpha value is -1.20. The summed E-state index contributed by atoms with van der Waals surface area (Å²) in [6.07, 6.45) is -6.14. The van der Waals surface area contributed by atoms with Gasteiger partial charge in [-0.2, -0.15) is 26.3 Å². The fraction of sp³-hybridized carbons (Fsp3) is 0.789. The monoisotopic (exact) mass is 396 g/mol. The van der Waals surface area contributed by atoms with Gasteiger partial charge in [0.05, 0.1) is 6.10 Å². The predicted octanol–water partition coefficient (Wildman–Crippen LogP) is 4.51. The molecule has 0 saturated heterocycles. The van der Waals surface area contributed by atoms with Gasteiger partial charge >= 0.3 is 18.0 Å². The van der Waals surface area contributed by atoms with Gasteiger partial charge in [-0.15, -0.1) is 0 Å². The van der Waals surface area contributed by atoms with Crippen LogP contribution < -0.4 is 0 Å². The molecular weight excluding hydrogens is 374 g/mol. The molecule has 0 spiro atoms. The third kappa shape index (κ3) is 3.17. The summed E-state index contributed by atoms with van der Waals surface area (Å²) in [7, 11) is 0. The van der Waals surface area contributed by atoms with Crippen LogP contribution in [0.1, 0.15) is 51.9 Å². The Labute approximate surface area is 153 Å². The third-order valence-corrected chi connectivity index (χ3v) is 6.61. The highest BCUT2D eigenvalue weighted by molar-refractivity contribution is 5.37. The van der Waals surface area contributed by atoms with E-state index in [0.717, 1.165) is 24.3 Å². The first-order valence-electron chi connectivity index (χ1n) is 9.02. The molecule has 0 aromatic heterocycles. The van der Waals surface area contributed by atoms with Crippen LogP contribution in [0.25, 0.3) is 0 Å². The summed E-state index contributed by atoms with van der Waals surface area (Å²) >= 11 is 0. The highest BCUT2D eigenvalue weighted by Gasteiger charge is 2.70. The molecule has 3 aliphatic carbocycles. The van der Waals surface area contributed by atoms with Crippen LogP contribution in [-0.4, -0.2) is 34.3 Å². The van der Waals surface area contributed by atoms with Crippen LogP contribution >= 0.6 is 0 Å². The van der Waals surface area contributed by atoms with Gasteiger partial charge in [0.25, 0.3) is 0 Å². The molecule has 0 bridgehead atoms. The lowest BCUT2D eigenvalue weighted by Crippen LogP contribution is -2.55. The Morgan fingerprint density at radius 3 is 2.22 bits per heavy atom. The van der Waals surface area contributed by atoms with E-state index in [4.69, 9.17) is 5.11 Å². The molecule has 2 unspecified atom stereocenters. The minimum absolute atomic E-state index is 0.0361. The molecule has 0 aromatic rings. The lowest BCUT2D eigenvalue weighted by molar-refractivity contribution is -0.343. The van der Waals surface area contributed by atoms with Gasteiger partial charge < -0.3 is 10.2 Å². The zero-order valence-electron chi connectivity index (χ0n) is 14.8. The average Bonchev–Trinajstić information content (AvgIpc) is 3.19. The summed E-state index contributed by atoms with van der Waals surface area (Å²) in [6.45, 7) is 2.02. The van der Waals surface area contributed by atoms with Crippen molar-refractivity contribution < 1.29 is 36.6 Å². The van der Waals surface area contributed by atoms with E-state index in [0.29, 0.717) is 25.7 Å². The summed E-state index contributed by atoms with van der Waals surface area (Å²) in [6, 6.07) is 0. The van der Waals surface area contributed by atoms with Crippen molar-refractivity contribution in [3.05, 3.63) is 11.6 Å². The van der Waals surface area contributed by atoms with E-state index < -0.39 is 29.5 Å². The average molecular weight is 396 g/mol. The Morgan fingerprint density at radius 2 is 1.70 bits per heavy atom. The van der Waals surface area contributed by atoms with Crippen LogP contribution in [-0.2, 0) is 0 Å². The highest BCUT2D eigenvalue weighted by Crippen LogP contribution is 2.66. The zero-order chi connectivity index (χ0) is 20.3. The van der Waals surface area contributed by atoms with Gasteiger partial charge in [0.1, 0.15) is 0 Å². The van der Waals surface area contributed by atoms with Gasteiger partial charge in [0, 0.05) is 11.8 Å². The SMILES string of the molecule is C[C@@]12CCCC(O)C1CC=C2C1(CC#CC(O)(C(F)(F)F)C(F)(F)F)CC1. The fourth-order valence-electron chi connectivity index (χ4n) is 4.88. The number of fused-ring (bicyclic) bond motifs is 1. The maximum absolute atomic E-state index is 12.8.